The molecule has 2 heterocycles. The van der Waals surface area contributed by atoms with E-state index in [1.54, 1.807) is 5.41 Å². The van der Waals surface area contributed by atoms with Gasteiger partial charge in [0.15, 0.2) is 0 Å². The van der Waals surface area contributed by atoms with Crippen molar-refractivity contribution in [2.75, 3.05) is 7.11 Å². The SMILES string of the molecule is CCCCc1nc2cc(C3=CSC(=O)NN3)ccc2n1Cc1c(C(=O)OC)cccc1-c1ccccc1. The second-order valence-electron chi connectivity index (χ2n) is 8.80. The molecule has 0 bridgehead atoms. The molecule has 0 aliphatic carbocycles. The summed E-state index contributed by atoms with van der Waals surface area (Å²) in [7, 11) is 1.41. The number of ether oxygens (including phenoxy) is 1. The number of carbonyl (C=O) groups is 2. The average Bonchev–Trinajstić information content (AvgIpc) is 3.28. The van der Waals surface area contributed by atoms with E-state index in [-0.39, 0.29) is 11.2 Å². The Bertz CT molecular complexity index is 1490. The summed E-state index contributed by atoms with van der Waals surface area (Å²) >= 11 is 1.11. The first-order chi connectivity index (χ1) is 18.1. The molecule has 0 spiro atoms. The van der Waals surface area contributed by atoms with Gasteiger partial charge in [-0.05, 0) is 53.1 Å². The molecule has 0 fully saturated rings. The zero-order chi connectivity index (χ0) is 25.8. The molecule has 0 unspecified atom stereocenters. The molecule has 37 heavy (non-hydrogen) atoms. The zero-order valence-corrected chi connectivity index (χ0v) is 21.6. The van der Waals surface area contributed by atoms with Gasteiger partial charge >= 0.3 is 11.2 Å². The number of thioether (sulfide) groups is 1. The minimum atomic E-state index is -0.357. The minimum Gasteiger partial charge on any atom is -0.465 e. The van der Waals surface area contributed by atoms with Gasteiger partial charge in [-0.15, -0.1) is 0 Å². The topological polar surface area (TPSA) is 85.3 Å². The number of nitrogens with zero attached hydrogens (tertiary/aromatic N) is 2. The smallest absolute Gasteiger partial charge is 0.338 e. The van der Waals surface area contributed by atoms with Gasteiger partial charge < -0.3 is 9.30 Å². The maximum absolute atomic E-state index is 12.8. The van der Waals surface area contributed by atoms with Gasteiger partial charge in [0.2, 0.25) is 0 Å². The number of unbranched alkanes of at least 4 members (excludes halogenated alkanes) is 1. The summed E-state index contributed by atoms with van der Waals surface area (Å²) < 4.78 is 7.36. The highest BCUT2D eigenvalue weighted by Gasteiger charge is 2.20. The van der Waals surface area contributed by atoms with E-state index in [0.29, 0.717) is 12.1 Å². The Labute approximate surface area is 219 Å². The van der Waals surface area contributed by atoms with Crippen LogP contribution in [0.25, 0.3) is 27.9 Å². The standard InChI is InChI=1S/C29H28N4O3S/c1-3-4-13-27-30-24-16-20(25-18-37-29(35)32-31-25)14-15-26(24)33(27)17-23-21(19-9-6-5-7-10-19)11-8-12-22(23)28(34)36-2/h5-12,14-16,18,31H,3-4,13,17H2,1-2H3,(H,32,35). The molecule has 1 aromatic heterocycles. The van der Waals surface area contributed by atoms with Gasteiger partial charge in [-0.25, -0.2) is 9.78 Å². The first-order valence-corrected chi connectivity index (χ1v) is 13.1. The van der Waals surface area contributed by atoms with Crippen LogP contribution in [0.1, 0.15) is 47.1 Å². The van der Waals surface area contributed by atoms with Crippen LogP contribution in [-0.2, 0) is 17.7 Å². The molecular weight excluding hydrogens is 484 g/mol. The van der Waals surface area contributed by atoms with Gasteiger partial charge in [0, 0.05) is 17.4 Å². The van der Waals surface area contributed by atoms with E-state index in [2.05, 4.69) is 40.5 Å². The zero-order valence-electron chi connectivity index (χ0n) is 20.8. The van der Waals surface area contributed by atoms with Crippen LogP contribution in [0.5, 0.6) is 0 Å². The molecule has 1 aliphatic heterocycles. The van der Waals surface area contributed by atoms with Gasteiger partial charge in [-0.1, -0.05) is 61.9 Å². The molecule has 188 valence electrons. The monoisotopic (exact) mass is 512 g/mol. The van der Waals surface area contributed by atoms with Crippen molar-refractivity contribution in [3.63, 3.8) is 0 Å². The predicted octanol–water partition coefficient (Wildman–Crippen LogP) is 6.14. The van der Waals surface area contributed by atoms with Crippen molar-refractivity contribution < 1.29 is 14.3 Å². The number of hydrogen-bond acceptors (Lipinski definition) is 6. The molecule has 0 saturated heterocycles. The lowest BCUT2D eigenvalue weighted by molar-refractivity contribution is 0.0599. The lowest BCUT2D eigenvalue weighted by atomic mass is 9.95. The highest BCUT2D eigenvalue weighted by molar-refractivity contribution is 8.16. The lowest BCUT2D eigenvalue weighted by Crippen LogP contribution is -2.35. The normalized spacial score (nSPS) is 13.1. The van der Waals surface area contributed by atoms with Crippen LogP contribution < -0.4 is 10.9 Å². The van der Waals surface area contributed by atoms with Crippen molar-refractivity contribution in [3.8, 4) is 11.1 Å². The number of imidazole rings is 1. The van der Waals surface area contributed by atoms with Crippen LogP contribution in [0.2, 0.25) is 0 Å². The third-order valence-corrected chi connectivity index (χ3v) is 7.13. The fraction of sp³-hybridized carbons (Fsp3) is 0.207. The number of rotatable bonds is 8. The average molecular weight is 513 g/mol. The van der Waals surface area contributed by atoms with Crippen molar-refractivity contribution in [1.82, 2.24) is 20.4 Å². The fourth-order valence-corrected chi connectivity index (χ4v) is 5.11. The molecule has 0 saturated carbocycles. The van der Waals surface area contributed by atoms with Crippen molar-refractivity contribution >= 4 is 39.7 Å². The van der Waals surface area contributed by atoms with E-state index < -0.39 is 0 Å². The summed E-state index contributed by atoms with van der Waals surface area (Å²) in [5.41, 5.74) is 12.7. The summed E-state index contributed by atoms with van der Waals surface area (Å²) in [4.78, 5) is 29.3. The van der Waals surface area contributed by atoms with E-state index in [1.807, 2.05) is 48.5 Å². The number of esters is 1. The van der Waals surface area contributed by atoms with Crippen molar-refractivity contribution in [3.05, 3.63) is 94.7 Å². The fourth-order valence-electron chi connectivity index (χ4n) is 4.58. The van der Waals surface area contributed by atoms with Crippen molar-refractivity contribution in [2.24, 2.45) is 0 Å². The number of carbonyl (C=O) groups excluding carboxylic acids is 2. The molecule has 5 rings (SSSR count). The summed E-state index contributed by atoms with van der Waals surface area (Å²) in [6.45, 7) is 2.65. The number of methoxy groups -OCH3 is 1. The number of hydrazine groups is 1. The largest absolute Gasteiger partial charge is 0.465 e. The molecule has 3 aromatic carbocycles. The number of amides is 1. The predicted molar refractivity (Wildman–Crippen MR) is 148 cm³/mol. The van der Waals surface area contributed by atoms with E-state index in [9.17, 15) is 9.59 Å². The minimum absolute atomic E-state index is 0.144. The maximum Gasteiger partial charge on any atom is 0.338 e. The molecule has 1 amide bonds. The van der Waals surface area contributed by atoms with E-state index in [4.69, 9.17) is 9.72 Å². The first-order valence-electron chi connectivity index (χ1n) is 12.3. The summed E-state index contributed by atoms with van der Waals surface area (Å²) in [5, 5.41) is 1.66. The summed E-state index contributed by atoms with van der Waals surface area (Å²) in [6.07, 6.45) is 2.89. The van der Waals surface area contributed by atoms with E-state index in [0.717, 1.165) is 75.8 Å². The molecule has 2 N–H and O–H groups in total. The van der Waals surface area contributed by atoms with Crippen LogP contribution in [0, 0.1) is 0 Å². The number of aromatic nitrogens is 2. The highest BCUT2D eigenvalue weighted by atomic mass is 32.2. The van der Waals surface area contributed by atoms with Crippen LogP contribution in [0.15, 0.2) is 72.1 Å². The number of fused-ring (bicyclic) bond motifs is 1. The Balaban J connectivity index is 1.63. The Morgan fingerprint density at radius 1 is 1.03 bits per heavy atom. The van der Waals surface area contributed by atoms with Gasteiger partial charge in [-0.2, -0.15) is 0 Å². The Morgan fingerprint density at radius 2 is 1.86 bits per heavy atom. The van der Waals surface area contributed by atoms with Gasteiger partial charge in [-0.3, -0.25) is 15.6 Å². The Hall–Kier alpha value is -4.04. The number of benzene rings is 3. The van der Waals surface area contributed by atoms with Crippen LogP contribution in [-0.4, -0.2) is 27.9 Å². The molecule has 0 atom stereocenters. The third kappa shape index (κ3) is 5.11. The van der Waals surface area contributed by atoms with Crippen LogP contribution in [0.3, 0.4) is 0 Å². The molecule has 1 aliphatic rings. The van der Waals surface area contributed by atoms with Gasteiger partial charge in [0.1, 0.15) is 5.82 Å². The van der Waals surface area contributed by atoms with E-state index in [1.165, 1.54) is 7.11 Å². The van der Waals surface area contributed by atoms with Crippen LogP contribution >= 0.6 is 11.8 Å². The van der Waals surface area contributed by atoms with Gasteiger partial charge in [0.05, 0.1) is 35.9 Å². The third-order valence-electron chi connectivity index (χ3n) is 6.46. The second kappa shape index (κ2) is 10.9. The van der Waals surface area contributed by atoms with Gasteiger partial charge in [0.25, 0.3) is 0 Å². The summed E-state index contributed by atoms with van der Waals surface area (Å²) in [6, 6.07) is 22.0. The van der Waals surface area contributed by atoms with Crippen molar-refractivity contribution in [2.45, 2.75) is 32.7 Å². The molecule has 4 aromatic rings. The lowest BCUT2D eigenvalue weighted by Gasteiger charge is -2.17. The Morgan fingerprint density at radius 3 is 2.59 bits per heavy atom. The summed E-state index contributed by atoms with van der Waals surface area (Å²) in [5.74, 6) is 0.616. The molecule has 7 nitrogen and oxygen atoms in total. The highest BCUT2D eigenvalue weighted by Crippen LogP contribution is 2.31. The molecule has 8 heteroatoms. The van der Waals surface area contributed by atoms with Crippen LogP contribution in [0.4, 0.5) is 4.79 Å². The maximum atomic E-state index is 12.8. The molecular formula is C29H28N4O3S. The number of nitrogens with one attached hydrogen (secondary N) is 2. The quantitative estimate of drug-likeness (QED) is 0.276. The second-order valence-corrected chi connectivity index (χ2v) is 9.64. The number of aryl methyl sites for hydroxylation is 1. The number of hydrogen-bond donors (Lipinski definition) is 2. The molecule has 0 radical (unpaired) electrons. The van der Waals surface area contributed by atoms with E-state index >= 15 is 0 Å². The Kier molecular flexibility index (Phi) is 7.28. The van der Waals surface area contributed by atoms with Crippen molar-refractivity contribution in [1.29, 1.82) is 0 Å². The first kappa shape index (κ1) is 24.6.